The lowest BCUT2D eigenvalue weighted by Crippen LogP contribution is -2.29. The summed E-state index contributed by atoms with van der Waals surface area (Å²) in [4.78, 5) is 12.5. The molecule has 2 rings (SSSR count). The lowest BCUT2D eigenvalue weighted by Gasteiger charge is -2.25. The van der Waals surface area contributed by atoms with Crippen molar-refractivity contribution in [3.8, 4) is 0 Å². The van der Waals surface area contributed by atoms with Gasteiger partial charge in [-0.1, -0.05) is 64.1 Å². The minimum Gasteiger partial charge on any atom is -0.442 e. The van der Waals surface area contributed by atoms with Crippen LogP contribution in [0.25, 0.3) is 0 Å². The molecule has 134 valence electrons. The van der Waals surface area contributed by atoms with E-state index in [1.165, 1.54) is 0 Å². The topological polar surface area (TPSA) is 60.4 Å². The molecule has 0 heterocycles. The molecule has 2 aromatic carbocycles. The minimum absolute atomic E-state index is 0.180. The van der Waals surface area contributed by atoms with Crippen LogP contribution in [-0.4, -0.2) is 19.8 Å². The number of hydrogen-bond donors (Lipinski definition) is 0. The first-order chi connectivity index (χ1) is 11.7. The Kier molecular flexibility index (Phi) is 5.68. The maximum atomic E-state index is 13.1. The highest BCUT2D eigenvalue weighted by molar-refractivity contribution is 7.92. The molecule has 0 saturated heterocycles. The molecule has 0 saturated carbocycles. The van der Waals surface area contributed by atoms with Crippen LogP contribution in [0.1, 0.15) is 50.0 Å². The highest BCUT2D eigenvalue weighted by Gasteiger charge is 2.34. The molecule has 0 aliphatic carbocycles. The van der Waals surface area contributed by atoms with E-state index in [1.54, 1.807) is 55.5 Å². The standard InChI is InChI=1S/C20H24O4S/c1-5-18(24-19(21)15-11-7-6-8-12-15)25(22,23)17-14-10-9-13-16(17)20(2,3)4/h6-14,18H,5H2,1-4H3. The van der Waals surface area contributed by atoms with E-state index in [2.05, 4.69) is 0 Å². The van der Waals surface area contributed by atoms with Crippen LogP contribution in [0, 0.1) is 0 Å². The second-order valence-corrected chi connectivity index (χ2v) is 8.96. The molecule has 2 aromatic rings. The Morgan fingerprint density at radius 2 is 1.56 bits per heavy atom. The average Bonchev–Trinajstić information content (AvgIpc) is 2.59. The molecule has 0 bridgehead atoms. The summed E-state index contributed by atoms with van der Waals surface area (Å²) in [6.07, 6.45) is 0.180. The summed E-state index contributed by atoms with van der Waals surface area (Å²) in [5.41, 5.74) is -0.515. The molecule has 0 amide bonds. The van der Waals surface area contributed by atoms with Gasteiger partial charge in [-0.15, -0.1) is 0 Å². The van der Waals surface area contributed by atoms with Crippen LogP contribution in [0.4, 0.5) is 0 Å². The number of hydrogen-bond acceptors (Lipinski definition) is 4. The molecule has 0 aliphatic rings. The molecule has 0 aromatic heterocycles. The van der Waals surface area contributed by atoms with Gasteiger partial charge in [0.05, 0.1) is 10.5 Å². The maximum Gasteiger partial charge on any atom is 0.339 e. The molecule has 1 unspecified atom stereocenters. The van der Waals surface area contributed by atoms with Gasteiger partial charge >= 0.3 is 5.97 Å². The van der Waals surface area contributed by atoms with E-state index in [4.69, 9.17) is 4.74 Å². The first-order valence-electron chi connectivity index (χ1n) is 8.27. The van der Waals surface area contributed by atoms with Crippen LogP contribution >= 0.6 is 0 Å². The minimum atomic E-state index is -3.81. The van der Waals surface area contributed by atoms with Gasteiger partial charge in [-0.05, 0) is 35.6 Å². The highest BCUT2D eigenvalue weighted by Crippen LogP contribution is 2.32. The smallest absolute Gasteiger partial charge is 0.339 e. The predicted molar refractivity (Wildman–Crippen MR) is 98.3 cm³/mol. The first-order valence-corrected chi connectivity index (χ1v) is 9.82. The Morgan fingerprint density at radius 3 is 2.12 bits per heavy atom. The van der Waals surface area contributed by atoms with Crippen molar-refractivity contribution < 1.29 is 17.9 Å². The van der Waals surface area contributed by atoms with Gasteiger partial charge in [0.1, 0.15) is 0 Å². The van der Waals surface area contributed by atoms with E-state index in [0.717, 1.165) is 0 Å². The lowest BCUT2D eigenvalue weighted by molar-refractivity contribution is 0.0438. The highest BCUT2D eigenvalue weighted by atomic mass is 32.2. The summed E-state index contributed by atoms with van der Waals surface area (Å²) in [5.74, 6) is -0.635. The Morgan fingerprint density at radius 1 is 1.00 bits per heavy atom. The number of carbonyl (C=O) groups excluding carboxylic acids is 1. The Bertz CT molecular complexity index is 833. The van der Waals surface area contributed by atoms with Crippen LogP contribution in [0.3, 0.4) is 0 Å². The zero-order valence-corrected chi connectivity index (χ0v) is 15.8. The third-order valence-electron chi connectivity index (χ3n) is 3.93. The van der Waals surface area contributed by atoms with Gasteiger partial charge in [0, 0.05) is 0 Å². The van der Waals surface area contributed by atoms with Gasteiger partial charge in [0.25, 0.3) is 0 Å². The second kappa shape index (κ2) is 7.40. The molecule has 0 fully saturated rings. The van der Waals surface area contributed by atoms with Crippen molar-refractivity contribution in [2.75, 3.05) is 0 Å². The molecule has 25 heavy (non-hydrogen) atoms. The van der Waals surface area contributed by atoms with Crippen molar-refractivity contribution in [3.63, 3.8) is 0 Å². The molecule has 0 N–H and O–H groups in total. The summed E-state index contributed by atoms with van der Waals surface area (Å²) in [6.45, 7) is 7.56. The Balaban J connectivity index is 2.39. The van der Waals surface area contributed by atoms with Crippen LogP contribution in [-0.2, 0) is 20.0 Å². The number of carbonyl (C=O) groups is 1. The van der Waals surface area contributed by atoms with E-state index in [9.17, 15) is 13.2 Å². The molecule has 0 aliphatic heterocycles. The molecule has 0 spiro atoms. The fourth-order valence-corrected chi connectivity index (χ4v) is 4.49. The Labute approximate surface area is 149 Å². The zero-order chi connectivity index (χ0) is 18.7. The molecule has 4 nitrogen and oxygen atoms in total. The third-order valence-corrected chi connectivity index (χ3v) is 6.02. The van der Waals surface area contributed by atoms with Gasteiger partial charge in [-0.25, -0.2) is 13.2 Å². The van der Waals surface area contributed by atoms with Gasteiger partial charge in [0.2, 0.25) is 15.3 Å². The van der Waals surface area contributed by atoms with Crippen LogP contribution in [0.15, 0.2) is 59.5 Å². The monoisotopic (exact) mass is 360 g/mol. The zero-order valence-electron chi connectivity index (χ0n) is 15.0. The second-order valence-electron chi connectivity index (χ2n) is 6.90. The van der Waals surface area contributed by atoms with Gasteiger partial charge < -0.3 is 4.74 Å². The number of sulfone groups is 1. The summed E-state index contributed by atoms with van der Waals surface area (Å²) >= 11 is 0. The fourth-order valence-electron chi connectivity index (χ4n) is 2.60. The predicted octanol–water partition coefficient (Wildman–Crippen LogP) is 4.35. The van der Waals surface area contributed by atoms with Crippen molar-refractivity contribution in [3.05, 3.63) is 65.7 Å². The lowest BCUT2D eigenvalue weighted by atomic mass is 9.87. The third kappa shape index (κ3) is 4.28. The van der Waals surface area contributed by atoms with E-state index < -0.39 is 21.2 Å². The van der Waals surface area contributed by atoms with Crippen LogP contribution in [0.2, 0.25) is 0 Å². The van der Waals surface area contributed by atoms with Crippen molar-refractivity contribution in [2.45, 2.75) is 49.9 Å². The Hall–Kier alpha value is -2.14. The van der Waals surface area contributed by atoms with E-state index in [0.29, 0.717) is 11.1 Å². The first kappa shape index (κ1) is 19.2. The van der Waals surface area contributed by atoms with Gasteiger partial charge in [-0.3, -0.25) is 0 Å². The number of ether oxygens (including phenoxy) is 1. The summed E-state index contributed by atoms with van der Waals surface area (Å²) < 4.78 is 31.6. The molecular weight excluding hydrogens is 336 g/mol. The molecular formula is C20H24O4S. The fraction of sp³-hybridized carbons (Fsp3) is 0.350. The normalized spacial score (nSPS) is 13.3. The molecule has 1 atom stereocenters. The molecule has 0 radical (unpaired) electrons. The van der Waals surface area contributed by atoms with Crippen molar-refractivity contribution >= 4 is 15.8 Å². The number of benzene rings is 2. The van der Waals surface area contributed by atoms with Crippen LogP contribution in [0.5, 0.6) is 0 Å². The van der Waals surface area contributed by atoms with Crippen molar-refractivity contribution in [2.24, 2.45) is 0 Å². The van der Waals surface area contributed by atoms with Crippen LogP contribution < -0.4 is 0 Å². The maximum absolute atomic E-state index is 13.1. The van der Waals surface area contributed by atoms with Crippen molar-refractivity contribution in [1.29, 1.82) is 0 Å². The van der Waals surface area contributed by atoms with E-state index >= 15 is 0 Å². The molecule has 5 heteroatoms. The summed E-state index contributed by atoms with van der Waals surface area (Å²) in [5, 5.41) is 0. The summed E-state index contributed by atoms with van der Waals surface area (Å²) in [7, 11) is -3.81. The number of rotatable bonds is 5. The van der Waals surface area contributed by atoms with Gasteiger partial charge in [-0.2, -0.15) is 0 Å². The van der Waals surface area contributed by atoms with E-state index in [1.807, 2.05) is 26.8 Å². The SMILES string of the molecule is CCC(OC(=O)c1ccccc1)S(=O)(=O)c1ccccc1C(C)(C)C. The largest absolute Gasteiger partial charge is 0.442 e. The van der Waals surface area contributed by atoms with E-state index in [-0.39, 0.29) is 16.7 Å². The number of esters is 1. The average molecular weight is 360 g/mol. The quantitative estimate of drug-likeness (QED) is 0.744. The van der Waals surface area contributed by atoms with Gasteiger partial charge in [0.15, 0.2) is 0 Å². The summed E-state index contributed by atoms with van der Waals surface area (Å²) in [6, 6.07) is 15.3. The van der Waals surface area contributed by atoms with Crippen molar-refractivity contribution in [1.82, 2.24) is 0 Å².